The van der Waals surface area contributed by atoms with Crippen LogP contribution in [0.25, 0.3) is 6.08 Å². The average Bonchev–Trinajstić information content (AvgIpc) is 2.83. The molecule has 3 aromatic rings. The molecule has 3 aromatic carbocycles. The van der Waals surface area contributed by atoms with E-state index >= 15 is 0 Å². The van der Waals surface area contributed by atoms with Gasteiger partial charge in [-0.15, -0.1) is 0 Å². The molecule has 0 unspecified atom stereocenters. The van der Waals surface area contributed by atoms with E-state index in [0.29, 0.717) is 16.3 Å². The summed E-state index contributed by atoms with van der Waals surface area (Å²) in [6.07, 6.45) is 2.67. The number of sulfonamides is 1. The molecule has 0 atom stereocenters. The van der Waals surface area contributed by atoms with Crippen LogP contribution in [0.4, 0.5) is 11.4 Å². The van der Waals surface area contributed by atoms with Crippen molar-refractivity contribution in [1.29, 1.82) is 0 Å². The van der Waals surface area contributed by atoms with Crippen molar-refractivity contribution in [3.8, 4) is 0 Å². The van der Waals surface area contributed by atoms with Crippen molar-refractivity contribution < 1.29 is 22.7 Å². The smallest absolute Gasteiger partial charge is 0.331 e. The number of benzene rings is 3. The molecule has 0 aromatic heterocycles. The van der Waals surface area contributed by atoms with Crippen molar-refractivity contribution in [2.75, 3.05) is 22.8 Å². The molecule has 1 N–H and O–H groups in total. The molecule has 3 rings (SSSR count). The monoisotopic (exact) mass is 532 g/mol. The quantitative estimate of drug-likeness (QED) is 0.294. The summed E-state index contributed by atoms with van der Waals surface area (Å²) in [6.45, 7) is 1.34. The summed E-state index contributed by atoms with van der Waals surface area (Å²) in [7, 11) is -3.92. The lowest BCUT2D eigenvalue weighted by Gasteiger charge is -2.23. The molecule has 0 aliphatic rings. The molecule has 0 saturated heterocycles. The minimum atomic E-state index is -3.92. The van der Waals surface area contributed by atoms with Crippen molar-refractivity contribution in [2.45, 2.75) is 11.8 Å². The number of carbonyl (C=O) groups is 2. The van der Waals surface area contributed by atoms with Crippen molar-refractivity contribution in [3.05, 3.63) is 94.5 Å². The summed E-state index contributed by atoms with van der Waals surface area (Å²) >= 11 is 12.1. The molecule has 10 heteroatoms. The topological polar surface area (TPSA) is 92.8 Å². The van der Waals surface area contributed by atoms with E-state index in [1.807, 2.05) is 0 Å². The Kier molecular flexibility index (Phi) is 8.92. The van der Waals surface area contributed by atoms with E-state index in [-0.39, 0.29) is 22.2 Å². The van der Waals surface area contributed by atoms with E-state index in [1.54, 1.807) is 61.5 Å². The lowest BCUT2D eigenvalue weighted by atomic mass is 10.2. The van der Waals surface area contributed by atoms with Gasteiger partial charge in [0.05, 0.1) is 21.3 Å². The lowest BCUT2D eigenvalue weighted by Crippen LogP contribution is -2.30. The van der Waals surface area contributed by atoms with Crippen molar-refractivity contribution in [2.24, 2.45) is 0 Å². The largest absolute Gasteiger partial charge is 0.452 e. The zero-order valence-electron chi connectivity index (χ0n) is 18.6. The third kappa shape index (κ3) is 7.08. The first-order valence-corrected chi connectivity index (χ1v) is 12.7. The van der Waals surface area contributed by atoms with Crippen LogP contribution in [0.1, 0.15) is 12.5 Å². The van der Waals surface area contributed by atoms with Gasteiger partial charge in [-0.05, 0) is 61.0 Å². The first-order chi connectivity index (χ1) is 16.7. The number of carbonyl (C=O) groups excluding carboxylic acids is 2. The van der Waals surface area contributed by atoms with E-state index in [9.17, 15) is 18.0 Å². The Morgan fingerprint density at radius 3 is 2.43 bits per heavy atom. The Morgan fingerprint density at radius 2 is 1.74 bits per heavy atom. The summed E-state index contributed by atoms with van der Waals surface area (Å²) in [5, 5.41) is 3.14. The van der Waals surface area contributed by atoms with Gasteiger partial charge in [0, 0.05) is 17.6 Å². The number of halogens is 2. The van der Waals surface area contributed by atoms with Gasteiger partial charge >= 0.3 is 5.97 Å². The number of para-hydroxylation sites is 1. The Morgan fingerprint density at radius 1 is 1.00 bits per heavy atom. The minimum absolute atomic E-state index is 0.0515. The standard InChI is InChI=1S/C25H22Cl2N2O5S/c1-2-29(20-9-4-3-5-10-20)35(32,33)21-12-13-22(27)23(16-21)28-24(30)17-34-25(31)14-11-18-7-6-8-19(26)15-18/h3-16H,2,17H2,1H3,(H,28,30). The number of hydrogen-bond acceptors (Lipinski definition) is 5. The number of rotatable bonds is 9. The van der Waals surface area contributed by atoms with Gasteiger partial charge in [-0.25, -0.2) is 13.2 Å². The zero-order chi connectivity index (χ0) is 25.4. The summed E-state index contributed by atoms with van der Waals surface area (Å²) in [6, 6.07) is 19.5. The summed E-state index contributed by atoms with van der Waals surface area (Å²) in [5.41, 5.74) is 1.28. The van der Waals surface area contributed by atoms with Crippen LogP contribution in [0.3, 0.4) is 0 Å². The van der Waals surface area contributed by atoms with Crippen molar-refractivity contribution >= 4 is 62.6 Å². The zero-order valence-corrected chi connectivity index (χ0v) is 21.0. The second kappa shape index (κ2) is 11.9. The molecule has 0 bridgehead atoms. The van der Waals surface area contributed by atoms with Gasteiger partial charge in [0.25, 0.3) is 15.9 Å². The molecule has 35 heavy (non-hydrogen) atoms. The van der Waals surface area contributed by atoms with Crippen LogP contribution in [0, 0.1) is 0 Å². The van der Waals surface area contributed by atoms with Gasteiger partial charge in [-0.1, -0.05) is 53.5 Å². The SMILES string of the molecule is CCN(c1ccccc1)S(=O)(=O)c1ccc(Cl)c(NC(=O)COC(=O)C=Cc2cccc(Cl)c2)c1. The van der Waals surface area contributed by atoms with Gasteiger partial charge < -0.3 is 10.1 Å². The first kappa shape index (κ1) is 26.3. The maximum Gasteiger partial charge on any atom is 0.331 e. The van der Waals surface area contributed by atoms with E-state index < -0.39 is 28.5 Å². The Balaban J connectivity index is 1.67. The second-order valence-electron chi connectivity index (χ2n) is 7.19. The molecule has 7 nitrogen and oxygen atoms in total. The molecule has 0 fully saturated rings. The molecular formula is C25H22Cl2N2O5S. The molecule has 1 amide bonds. The maximum atomic E-state index is 13.2. The van der Waals surface area contributed by atoms with Gasteiger partial charge in [-0.3, -0.25) is 9.10 Å². The fraction of sp³-hybridized carbons (Fsp3) is 0.120. The van der Waals surface area contributed by atoms with E-state index in [0.717, 1.165) is 0 Å². The normalized spacial score (nSPS) is 11.3. The lowest BCUT2D eigenvalue weighted by molar-refractivity contribution is -0.142. The van der Waals surface area contributed by atoms with Crippen LogP contribution in [-0.2, 0) is 24.3 Å². The van der Waals surface area contributed by atoms with Crippen LogP contribution in [-0.4, -0.2) is 33.4 Å². The number of amides is 1. The summed E-state index contributed by atoms with van der Waals surface area (Å²) in [4.78, 5) is 24.2. The molecular weight excluding hydrogens is 511 g/mol. The number of ether oxygens (including phenoxy) is 1. The summed E-state index contributed by atoms with van der Waals surface area (Å²) < 4.78 is 32.6. The Bertz CT molecular complexity index is 1340. The predicted molar refractivity (Wildman–Crippen MR) is 138 cm³/mol. The van der Waals surface area contributed by atoms with E-state index in [1.165, 1.54) is 34.7 Å². The van der Waals surface area contributed by atoms with E-state index in [4.69, 9.17) is 27.9 Å². The third-order valence-corrected chi connectivity index (χ3v) is 7.20. The highest BCUT2D eigenvalue weighted by atomic mass is 35.5. The molecule has 0 radical (unpaired) electrons. The van der Waals surface area contributed by atoms with Crippen LogP contribution in [0.2, 0.25) is 10.0 Å². The van der Waals surface area contributed by atoms with Gasteiger partial charge in [0.15, 0.2) is 6.61 Å². The van der Waals surface area contributed by atoms with Crippen molar-refractivity contribution in [1.82, 2.24) is 0 Å². The Hall–Kier alpha value is -3.33. The molecule has 0 saturated carbocycles. The Labute approximate surface area is 214 Å². The van der Waals surface area contributed by atoms with Crippen LogP contribution < -0.4 is 9.62 Å². The second-order valence-corrected chi connectivity index (χ2v) is 9.90. The fourth-order valence-electron chi connectivity index (χ4n) is 3.12. The predicted octanol–water partition coefficient (Wildman–Crippen LogP) is 5.40. The van der Waals surface area contributed by atoms with Gasteiger partial charge in [-0.2, -0.15) is 0 Å². The van der Waals surface area contributed by atoms with Crippen molar-refractivity contribution in [3.63, 3.8) is 0 Å². The molecule has 0 spiro atoms. The highest BCUT2D eigenvalue weighted by Crippen LogP contribution is 2.29. The molecule has 182 valence electrons. The van der Waals surface area contributed by atoms with Crippen LogP contribution >= 0.6 is 23.2 Å². The van der Waals surface area contributed by atoms with Crippen LogP contribution in [0.15, 0.2) is 83.8 Å². The molecule has 0 heterocycles. The maximum absolute atomic E-state index is 13.2. The fourth-order valence-corrected chi connectivity index (χ4v) is 4.98. The number of hydrogen-bond donors (Lipinski definition) is 1. The average molecular weight is 533 g/mol. The van der Waals surface area contributed by atoms with E-state index in [2.05, 4.69) is 5.32 Å². The first-order valence-electron chi connectivity index (χ1n) is 10.5. The number of esters is 1. The van der Waals surface area contributed by atoms with Crippen LogP contribution in [0.5, 0.6) is 0 Å². The molecule has 0 aliphatic heterocycles. The van der Waals surface area contributed by atoms with Gasteiger partial charge in [0.1, 0.15) is 0 Å². The third-order valence-electron chi connectivity index (χ3n) is 4.74. The number of nitrogens with zero attached hydrogens (tertiary/aromatic N) is 1. The summed E-state index contributed by atoms with van der Waals surface area (Å²) in [5.74, 6) is -1.41. The highest BCUT2D eigenvalue weighted by molar-refractivity contribution is 7.92. The number of nitrogens with one attached hydrogen (secondary N) is 1. The molecule has 0 aliphatic carbocycles. The number of anilines is 2. The minimum Gasteiger partial charge on any atom is -0.452 e. The highest BCUT2D eigenvalue weighted by Gasteiger charge is 2.24. The van der Waals surface area contributed by atoms with Gasteiger partial charge in [0.2, 0.25) is 0 Å².